The first-order chi connectivity index (χ1) is 61.8. The molecular weight excluding hydrogens is 1750 g/mol. The van der Waals surface area contributed by atoms with Crippen LogP contribution in [0.3, 0.4) is 0 Å². The maximum atomic E-state index is 4.54. The lowest BCUT2D eigenvalue weighted by Gasteiger charge is -2.18. The molecule has 1 aromatic carbocycles. The minimum absolute atomic E-state index is 0.119. The fourth-order valence-corrected chi connectivity index (χ4v) is 9.07. The van der Waals surface area contributed by atoms with Gasteiger partial charge in [0.15, 0.2) is 17.7 Å². The number of benzene rings is 1. The van der Waals surface area contributed by atoms with E-state index in [0.717, 1.165) is 65.0 Å². The van der Waals surface area contributed by atoms with Crippen molar-refractivity contribution >= 4 is 94.3 Å². The number of aliphatic imine (C=N–C) groups is 1. The molecule has 1 aliphatic rings. The average Bonchev–Trinajstić information content (AvgIpc) is 1.67. The Morgan fingerprint density at radius 1 is 0.348 bits per heavy atom. The van der Waals surface area contributed by atoms with E-state index in [1.165, 1.54) is 30.9 Å². The van der Waals surface area contributed by atoms with Crippen LogP contribution in [0.15, 0.2) is 241 Å². The van der Waals surface area contributed by atoms with E-state index >= 15 is 0 Å². The van der Waals surface area contributed by atoms with Crippen molar-refractivity contribution in [3.8, 4) is 0 Å². The molecule has 23 nitrogen and oxygen atoms in total. The number of hydrogen-bond donors (Lipinski definition) is 3. The number of imidazole rings is 1. The standard InChI is InChI=1S/C10H12N2S.C10H14.C8H12N2.C6H4N2S.C6H10N2S.2C5H4N4.C5H5N.8C5H12.C4H5N.C3H4N2.C3H3NO.C3H3NS/c1-10(2,3)9-12-7-5-4-6-11-8(7)13-9;1-10(2,3)9-7-5-4-6-8-9;1-8(2,3)7-6-9-4-5-10-7;1-2-5-6(7-3-1)9-4-8-5;1-6(2,3)5-8-7-4-9-5;2*1-4-2-8-9-5(4)7-3-6-1;1-2-4-6-5-3-1;8*1-5(2,3)4;1-2-4-5-3-1;3*1-2-5-3-4-1/h4-6H,1-3H3;4-8H,1-3H3;4-6H,1-3H3;1-4H;4H,1-3H3;2*1-3H,(H,6,7,8,9);1-5H;8*1-4H3;1-3H,4H2;1-3H,(H,4,5);2*1-3H. The second-order valence-electron chi connectivity index (χ2n) is 47.2. The largest absolute Gasteiger partial charge is 0.452 e. The Balaban J connectivity index is -0.000000675. The van der Waals surface area contributed by atoms with Crippen LogP contribution in [0.25, 0.3) is 42.8 Å². The van der Waals surface area contributed by atoms with Gasteiger partial charge in [-0.1, -0.05) is 358 Å². The summed E-state index contributed by atoms with van der Waals surface area (Å²) in [4.78, 5) is 64.0. The van der Waals surface area contributed by atoms with Crippen LogP contribution in [0.2, 0.25) is 0 Å². The van der Waals surface area contributed by atoms with Crippen molar-refractivity contribution in [3.05, 3.63) is 253 Å². The summed E-state index contributed by atoms with van der Waals surface area (Å²) >= 11 is 6.46. The number of H-pyrrole nitrogens is 3. The Kier molecular flexibility index (Phi) is 66.5. The number of rotatable bonds is 0. The van der Waals surface area contributed by atoms with Gasteiger partial charge in [-0.3, -0.25) is 35.1 Å². The fourth-order valence-electron chi connectivity index (χ4n) is 6.49. The van der Waals surface area contributed by atoms with E-state index in [1.807, 2.05) is 66.2 Å². The monoisotopic (exact) mass is 1930 g/mol. The molecule has 27 heteroatoms. The molecule has 15 aromatic rings. The zero-order chi connectivity index (χ0) is 104. The molecule has 0 unspecified atom stereocenters. The smallest absolute Gasteiger partial charge is 0.180 e. The first-order valence-electron chi connectivity index (χ1n) is 45.5. The highest BCUT2D eigenvalue weighted by Crippen LogP contribution is 2.30. The quantitative estimate of drug-likeness (QED) is 0.127. The van der Waals surface area contributed by atoms with Crippen molar-refractivity contribution in [2.45, 2.75) is 326 Å². The topological polar surface area (TPSA) is 305 Å². The number of pyridine rings is 3. The predicted octanol–water partition coefficient (Wildman–Crippen LogP) is 32.3. The first-order valence-corrected chi connectivity index (χ1v) is 49.0. The molecular formula is C108H176N22OS4. The van der Waals surface area contributed by atoms with Crippen LogP contribution in [0.4, 0.5) is 0 Å². The van der Waals surface area contributed by atoms with E-state index in [-0.39, 0.29) is 16.2 Å². The normalized spacial score (nSPS) is 11.2. The molecule has 0 saturated carbocycles. The minimum atomic E-state index is 0.119. The number of fused-ring (bicyclic) bond motifs is 4. The van der Waals surface area contributed by atoms with E-state index in [4.69, 9.17) is 0 Å². The third kappa shape index (κ3) is 104. The summed E-state index contributed by atoms with van der Waals surface area (Å²) in [6.07, 6.45) is 39.2. The van der Waals surface area contributed by atoms with Crippen LogP contribution >= 0.6 is 45.3 Å². The van der Waals surface area contributed by atoms with Gasteiger partial charge in [-0.2, -0.15) is 10.2 Å². The van der Waals surface area contributed by atoms with Crippen molar-refractivity contribution < 1.29 is 4.42 Å². The van der Waals surface area contributed by atoms with Gasteiger partial charge < -0.3 is 9.40 Å². The molecule has 0 radical (unpaired) electrons. The third-order valence-electron chi connectivity index (χ3n) is 11.3. The zero-order valence-corrected chi connectivity index (χ0v) is 94.5. The Morgan fingerprint density at radius 2 is 0.822 bits per heavy atom. The number of thiazole rings is 3. The van der Waals surface area contributed by atoms with E-state index in [9.17, 15) is 0 Å². The highest BCUT2D eigenvalue weighted by molar-refractivity contribution is 7.18. The van der Waals surface area contributed by atoms with Crippen LogP contribution < -0.4 is 0 Å². The molecule has 748 valence electrons. The second kappa shape index (κ2) is 68.6. The van der Waals surface area contributed by atoms with Gasteiger partial charge in [0, 0.05) is 102 Å². The van der Waals surface area contributed by atoms with Crippen molar-refractivity contribution in [2.24, 2.45) is 48.3 Å². The molecule has 0 bridgehead atoms. The van der Waals surface area contributed by atoms with Crippen molar-refractivity contribution in [3.63, 3.8) is 0 Å². The molecule has 3 N–H and O–H groups in total. The molecule has 0 saturated heterocycles. The number of nitrogens with one attached hydrogen (secondary N) is 3. The maximum absolute atomic E-state index is 4.54. The van der Waals surface area contributed by atoms with Crippen LogP contribution in [-0.2, 0) is 21.7 Å². The van der Waals surface area contributed by atoms with E-state index in [0.29, 0.717) is 48.7 Å². The van der Waals surface area contributed by atoms with Gasteiger partial charge in [0.1, 0.15) is 49.6 Å². The lowest BCUT2D eigenvalue weighted by atomic mass is 9.87. The summed E-state index contributed by atoms with van der Waals surface area (Å²) in [5.74, 6) is 0. The number of aromatic amines is 3. The minimum Gasteiger partial charge on any atom is -0.452 e. The summed E-state index contributed by atoms with van der Waals surface area (Å²) in [7, 11) is 0. The number of allylic oxidation sites excluding steroid dienone is 1. The summed E-state index contributed by atoms with van der Waals surface area (Å²) in [5, 5.41) is 26.8. The van der Waals surface area contributed by atoms with Crippen molar-refractivity contribution in [1.29, 1.82) is 0 Å². The van der Waals surface area contributed by atoms with Crippen LogP contribution in [-0.4, -0.2) is 118 Å². The summed E-state index contributed by atoms with van der Waals surface area (Å²) < 4.78 is 4.47. The summed E-state index contributed by atoms with van der Waals surface area (Å²) in [6, 6.07) is 24.0. The molecule has 1 aliphatic heterocycles. The number of nitrogens with zero attached hydrogens (tertiary/aromatic N) is 19. The lowest BCUT2D eigenvalue weighted by molar-refractivity contribution is 0.469. The Hall–Kier alpha value is -10.3. The lowest BCUT2D eigenvalue weighted by Crippen LogP contribution is -2.13. The molecule has 0 atom stereocenters. The summed E-state index contributed by atoms with van der Waals surface area (Å²) in [5.41, 5.74) is 16.1. The molecule has 15 heterocycles. The van der Waals surface area contributed by atoms with Gasteiger partial charge >= 0.3 is 0 Å². The molecule has 0 fully saturated rings. The van der Waals surface area contributed by atoms with Gasteiger partial charge in [0.2, 0.25) is 0 Å². The van der Waals surface area contributed by atoms with Gasteiger partial charge in [-0.25, -0.2) is 49.8 Å². The number of aromatic nitrogens is 21. The predicted molar refractivity (Wildman–Crippen MR) is 586 cm³/mol. The third-order valence-corrected chi connectivity index (χ3v) is 15.1. The summed E-state index contributed by atoms with van der Waals surface area (Å²) in [6.45, 7) is 96.8. The van der Waals surface area contributed by atoms with E-state index in [2.05, 4.69) is 450 Å². The van der Waals surface area contributed by atoms with E-state index in [1.54, 1.807) is 161 Å². The number of oxazole rings is 1. The van der Waals surface area contributed by atoms with Crippen molar-refractivity contribution in [2.75, 3.05) is 6.54 Å². The highest BCUT2D eigenvalue weighted by atomic mass is 32.1. The molecule has 0 amide bonds. The maximum Gasteiger partial charge on any atom is 0.180 e. The molecule has 135 heavy (non-hydrogen) atoms. The molecule has 0 aliphatic carbocycles. The van der Waals surface area contributed by atoms with Crippen molar-refractivity contribution in [1.82, 2.24) is 105 Å². The second-order valence-corrected chi connectivity index (χ2v) is 50.6. The highest BCUT2D eigenvalue weighted by Gasteiger charge is 2.20. The molecule has 0 spiro atoms. The van der Waals surface area contributed by atoms with Gasteiger partial charge in [0.25, 0.3) is 0 Å². The fraction of sp³-hybridized carbons (Fsp3) is 0.528. The molecule has 14 aromatic heterocycles. The van der Waals surface area contributed by atoms with Crippen LogP contribution in [0.5, 0.6) is 0 Å². The van der Waals surface area contributed by atoms with Gasteiger partial charge in [-0.15, -0.1) is 44.2 Å². The van der Waals surface area contributed by atoms with Gasteiger partial charge in [-0.05, 0) is 96.8 Å². The average molecular weight is 1930 g/mol. The van der Waals surface area contributed by atoms with Crippen LogP contribution in [0, 0.1) is 43.3 Å². The molecule has 16 rings (SSSR count). The van der Waals surface area contributed by atoms with Gasteiger partial charge in [0.05, 0.1) is 64.5 Å². The zero-order valence-electron chi connectivity index (χ0n) is 91.3. The van der Waals surface area contributed by atoms with E-state index < -0.39 is 0 Å². The Bertz CT molecular complexity index is 4490. The SMILES string of the molecule is C1=CCN=C1.CC(C)(C)C.CC(C)(C)C.CC(C)(C)C.CC(C)(C)C.CC(C)(C)C.CC(C)(C)C.CC(C)(C)C.CC(C)(C)C.CC(C)(C)c1ccccc1.CC(C)(C)c1cnccn1.CC(C)(C)c1nc2cccnc2s1.CC(C)(C)c1nncs1.c1c[nH]cn1.c1ccncc1.c1cnc2scnc2c1.c1cocn1.c1cscn1.c1ncc2cn[nH]c2n1.c1ncc2cn[nH]c2n1. The number of hydrogen-bond acceptors (Lipinski definition) is 24. The Morgan fingerprint density at radius 3 is 1.08 bits per heavy atom. The Labute approximate surface area is 832 Å². The first kappa shape index (κ1) is 131. The van der Waals surface area contributed by atoms with Crippen LogP contribution in [0.1, 0.15) is 326 Å².